The monoisotopic (exact) mass is 400 g/mol. The fraction of sp³-hybridized carbons (Fsp3) is 0.708. The van der Waals surface area contributed by atoms with Crippen molar-refractivity contribution < 1.29 is 15.0 Å². The van der Waals surface area contributed by atoms with Gasteiger partial charge in [0.25, 0.3) is 0 Å². The van der Waals surface area contributed by atoms with Gasteiger partial charge in [0.15, 0.2) is 0 Å². The third kappa shape index (κ3) is 4.52. The zero-order valence-electron chi connectivity index (χ0n) is 17.5. The van der Waals surface area contributed by atoms with Crippen LogP contribution in [0.5, 0.6) is 0 Å². The van der Waals surface area contributed by atoms with Gasteiger partial charge in [-0.25, -0.2) is 0 Å². The van der Waals surface area contributed by atoms with Crippen LogP contribution in [-0.4, -0.2) is 52.4 Å². The molecule has 160 valence electrons. The zero-order valence-corrected chi connectivity index (χ0v) is 17.5. The second-order valence-electron chi connectivity index (χ2n) is 9.35. The number of hydrogen-bond acceptors (Lipinski definition) is 4. The average Bonchev–Trinajstić information content (AvgIpc) is 2.75. The van der Waals surface area contributed by atoms with Crippen LogP contribution in [-0.2, 0) is 11.2 Å². The summed E-state index contributed by atoms with van der Waals surface area (Å²) in [5.41, 5.74) is 1.62. The minimum atomic E-state index is -1.10. The number of hydrogen-bond donors (Lipinski definition) is 3. The Labute approximate surface area is 174 Å². The van der Waals surface area contributed by atoms with Crippen LogP contribution in [0.4, 0.5) is 0 Å². The van der Waals surface area contributed by atoms with Gasteiger partial charge in [-0.1, -0.05) is 56.4 Å². The summed E-state index contributed by atoms with van der Waals surface area (Å²) < 4.78 is 0. The molecule has 0 spiro atoms. The van der Waals surface area contributed by atoms with Gasteiger partial charge in [-0.3, -0.25) is 4.79 Å². The Kier molecular flexibility index (Phi) is 6.57. The van der Waals surface area contributed by atoms with E-state index in [9.17, 15) is 15.0 Å². The molecule has 0 bridgehead atoms. The summed E-state index contributed by atoms with van der Waals surface area (Å²) in [5.74, 6) is 0.655. The standard InChI is InChI=1S/C24H36N2O3/c27-21-12-6-7-14-24(21,29)17-25-16-22(28)26-15-13-18-8-4-5-11-20(18)23(26)19-9-2-1-3-10-19/h4-5,8,11,19,21,23,25,27,29H,1-3,6-7,9-10,12-17H2/t21-,23?,24+/m1/s1. The van der Waals surface area contributed by atoms with Gasteiger partial charge in [0.1, 0.15) is 5.60 Å². The van der Waals surface area contributed by atoms with E-state index in [1.807, 2.05) is 0 Å². The lowest BCUT2D eigenvalue weighted by molar-refractivity contribution is -0.135. The van der Waals surface area contributed by atoms with Crippen molar-refractivity contribution in [2.75, 3.05) is 19.6 Å². The molecule has 0 radical (unpaired) electrons. The molecule has 2 fully saturated rings. The predicted octanol–water partition coefficient (Wildman–Crippen LogP) is 2.95. The first-order valence-corrected chi connectivity index (χ1v) is 11.6. The molecule has 1 heterocycles. The van der Waals surface area contributed by atoms with Crippen molar-refractivity contribution in [2.24, 2.45) is 5.92 Å². The number of fused-ring (bicyclic) bond motifs is 1. The molecule has 0 saturated heterocycles. The van der Waals surface area contributed by atoms with Gasteiger partial charge in [0.05, 0.1) is 18.7 Å². The summed E-state index contributed by atoms with van der Waals surface area (Å²) in [6.07, 6.45) is 9.54. The first-order valence-electron chi connectivity index (χ1n) is 11.6. The number of aliphatic hydroxyl groups excluding tert-OH is 1. The molecule has 1 aliphatic heterocycles. The molecule has 3 atom stereocenters. The number of benzene rings is 1. The number of rotatable bonds is 5. The summed E-state index contributed by atoms with van der Waals surface area (Å²) in [4.78, 5) is 15.3. The lowest BCUT2D eigenvalue weighted by Crippen LogP contribution is -2.54. The maximum Gasteiger partial charge on any atom is 0.237 e. The zero-order chi connectivity index (χ0) is 20.3. The normalized spacial score (nSPS) is 30.8. The van der Waals surface area contributed by atoms with Crippen LogP contribution in [0.25, 0.3) is 0 Å². The minimum Gasteiger partial charge on any atom is -0.390 e. The second kappa shape index (κ2) is 9.15. The van der Waals surface area contributed by atoms with Gasteiger partial charge in [-0.05, 0) is 49.1 Å². The van der Waals surface area contributed by atoms with Crippen molar-refractivity contribution >= 4 is 5.91 Å². The number of nitrogens with one attached hydrogen (secondary N) is 1. The fourth-order valence-corrected chi connectivity index (χ4v) is 5.73. The number of carbonyl (C=O) groups is 1. The highest BCUT2D eigenvalue weighted by Gasteiger charge is 2.39. The molecule has 5 heteroatoms. The lowest BCUT2D eigenvalue weighted by Gasteiger charge is -2.43. The van der Waals surface area contributed by atoms with Gasteiger partial charge < -0.3 is 20.4 Å². The van der Waals surface area contributed by atoms with Gasteiger partial charge in [-0.15, -0.1) is 0 Å². The molecule has 3 N–H and O–H groups in total. The topological polar surface area (TPSA) is 72.8 Å². The highest BCUT2D eigenvalue weighted by molar-refractivity contribution is 5.79. The summed E-state index contributed by atoms with van der Waals surface area (Å²) >= 11 is 0. The van der Waals surface area contributed by atoms with Gasteiger partial charge in [-0.2, -0.15) is 0 Å². The van der Waals surface area contributed by atoms with Crippen LogP contribution in [0.2, 0.25) is 0 Å². The Hall–Kier alpha value is -1.43. The third-order valence-electron chi connectivity index (χ3n) is 7.41. The molecule has 1 amide bonds. The van der Waals surface area contributed by atoms with Crippen molar-refractivity contribution in [3.8, 4) is 0 Å². The van der Waals surface area contributed by atoms with Crippen LogP contribution in [0.15, 0.2) is 24.3 Å². The number of nitrogens with zero attached hydrogens (tertiary/aromatic N) is 1. The summed E-state index contributed by atoms with van der Waals surface area (Å²) in [5, 5.41) is 24.1. The quantitative estimate of drug-likeness (QED) is 0.711. The van der Waals surface area contributed by atoms with E-state index >= 15 is 0 Å². The van der Waals surface area contributed by atoms with Crippen molar-refractivity contribution in [1.29, 1.82) is 0 Å². The van der Waals surface area contributed by atoms with Gasteiger partial charge >= 0.3 is 0 Å². The SMILES string of the molecule is O=C(CNC[C@@]1(O)CCCC[C@H]1O)N1CCc2ccccc2C1C1CCCCC1. The molecule has 1 aromatic carbocycles. The van der Waals surface area contributed by atoms with Crippen LogP contribution < -0.4 is 5.32 Å². The lowest BCUT2D eigenvalue weighted by atomic mass is 9.77. The molecule has 4 rings (SSSR count). The van der Waals surface area contributed by atoms with Crippen molar-refractivity contribution in [1.82, 2.24) is 10.2 Å². The van der Waals surface area contributed by atoms with E-state index in [0.717, 1.165) is 25.8 Å². The first-order chi connectivity index (χ1) is 14.1. The molecular weight excluding hydrogens is 364 g/mol. The van der Waals surface area contributed by atoms with E-state index in [1.54, 1.807) is 0 Å². The molecule has 2 aliphatic carbocycles. The third-order valence-corrected chi connectivity index (χ3v) is 7.41. The second-order valence-corrected chi connectivity index (χ2v) is 9.35. The van der Waals surface area contributed by atoms with Crippen LogP contribution in [0.1, 0.15) is 75.0 Å². The fourth-order valence-electron chi connectivity index (χ4n) is 5.73. The molecule has 29 heavy (non-hydrogen) atoms. The summed E-state index contributed by atoms with van der Waals surface area (Å²) in [6, 6.07) is 8.80. The Morgan fingerprint density at radius 3 is 2.66 bits per heavy atom. The van der Waals surface area contributed by atoms with E-state index in [0.29, 0.717) is 18.8 Å². The summed E-state index contributed by atoms with van der Waals surface area (Å²) in [7, 11) is 0. The van der Waals surface area contributed by atoms with Crippen LogP contribution in [0, 0.1) is 5.92 Å². The van der Waals surface area contributed by atoms with E-state index in [-0.39, 0.29) is 25.0 Å². The number of amides is 1. The van der Waals surface area contributed by atoms with Crippen LogP contribution >= 0.6 is 0 Å². The molecule has 5 nitrogen and oxygen atoms in total. The smallest absolute Gasteiger partial charge is 0.237 e. The van der Waals surface area contributed by atoms with E-state index in [2.05, 4.69) is 34.5 Å². The Bertz CT molecular complexity index is 703. The van der Waals surface area contributed by atoms with E-state index < -0.39 is 11.7 Å². The average molecular weight is 401 g/mol. The molecule has 2 saturated carbocycles. The first kappa shape index (κ1) is 20.8. The van der Waals surface area contributed by atoms with Crippen LogP contribution in [0.3, 0.4) is 0 Å². The van der Waals surface area contributed by atoms with E-state index in [4.69, 9.17) is 0 Å². The Balaban J connectivity index is 1.43. The molecule has 0 aromatic heterocycles. The predicted molar refractivity (Wildman–Crippen MR) is 113 cm³/mol. The van der Waals surface area contributed by atoms with Gasteiger partial charge in [0, 0.05) is 13.1 Å². The van der Waals surface area contributed by atoms with Crippen molar-refractivity contribution in [3.05, 3.63) is 35.4 Å². The van der Waals surface area contributed by atoms with Crippen molar-refractivity contribution in [3.63, 3.8) is 0 Å². The largest absolute Gasteiger partial charge is 0.390 e. The summed E-state index contributed by atoms with van der Waals surface area (Å²) in [6.45, 7) is 1.27. The van der Waals surface area contributed by atoms with Gasteiger partial charge in [0.2, 0.25) is 5.91 Å². The minimum absolute atomic E-state index is 0.115. The maximum absolute atomic E-state index is 13.2. The highest BCUT2D eigenvalue weighted by Crippen LogP contribution is 2.42. The maximum atomic E-state index is 13.2. The molecular formula is C24H36N2O3. The Morgan fingerprint density at radius 1 is 1.10 bits per heavy atom. The van der Waals surface area contributed by atoms with Crippen molar-refractivity contribution in [2.45, 2.75) is 82.0 Å². The molecule has 3 aliphatic rings. The van der Waals surface area contributed by atoms with E-state index in [1.165, 1.54) is 43.2 Å². The Morgan fingerprint density at radius 2 is 1.86 bits per heavy atom. The molecule has 1 aromatic rings. The highest BCUT2D eigenvalue weighted by atomic mass is 16.3. The molecule has 1 unspecified atom stereocenters. The number of carbonyl (C=O) groups excluding carboxylic acids is 1. The number of aliphatic hydroxyl groups is 2.